The van der Waals surface area contributed by atoms with E-state index in [2.05, 4.69) is 81.5 Å². The Bertz CT molecular complexity index is 1370. The van der Waals surface area contributed by atoms with Gasteiger partial charge in [0.2, 0.25) is 0 Å². The van der Waals surface area contributed by atoms with Crippen molar-refractivity contribution in [1.29, 1.82) is 0 Å². The molecule has 0 saturated heterocycles. The highest BCUT2D eigenvalue weighted by atomic mass is 16.6. The molecule has 1 unspecified atom stereocenters. The maximum Gasteiger partial charge on any atom is 0.310 e. The van der Waals surface area contributed by atoms with Gasteiger partial charge in [0.1, 0.15) is 13.2 Å². The van der Waals surface area contributed by atoms with Crippen molar-refractivity contribution in [1.82, 2.24) is 0 Å². The molecule has 1 atom stereocenters. The topological polar surface area (TPSA) is 78.9 Å². The number of rotatable bonds is 58. The van der Waals surface area contributed by atoms with Gasteiger partial charge in [-0.15, -0.1) is 0 Å². The fourth-order valence-corrected chi connectivity index (χ4v) is 9.22. The largest absolute Gasteiger partial charge is 0.462 e. The van der Waals surface area contributed by atoms with Crippen molar-refractivity contribution in [3.05, 3.63) is 72.9 Å². The molecule has 0 aliphatic rings. The van der Waals surface area contributed by atoms with E-state index in [0.29, 0.717) is 12.8 Å². The second-order valence-electron chi connectivity index (χ2n) is 21.3. The molecular weight excluding hydrogens is 913 g/mol. The van der Waals surface area contributed by atoms with Gasteiger partial charge in [0.15, 0.2) is 6.10 Å². The van der Waals surface area contributed by atoms with Gasteiger partial charge in [0.25, 0.3) is 0 Å². The zero-order chi connectivity index (χ0) is 53.6. The summed E-state index contributed by atoms with van der Waals surface area (Å²) in [6.07, 6.45) is 81.0. The molecule has 0 fully saturated rings. The molecular formula is C68H120O6. The predicted molar refractivity (Wildman–Crippen MR) is 321 cm³/mol. The van der Waals surface area contributed by atoms with Gasteiger partial charge in [0, 0.05) is 12.8 Å². The summed E-state index contributed by atoms with van der Waals surface area (Å²) in [5.41, 5.74) is 0. The molecule has 0 N–H and O–H groups in total. The molecule has 0 radical (unpaired) electrons. The number of ether oxygens (including phenoxy) is 3. The molecule has 6 nitrogen and oxygen atoms in total. The molecule has 0 heterocycles. The summed E-state index contributed by atoms with van der Waals surface area (Å²) in [6.45, 7) is 6.46. The van der Waals surface area contributed by atoms with Crippen LogP contribution < -0.4 is 0 Å². The van der Waals surface area contributed by atoms with E-state index >= 15 is 0 Å². The van der Waals surface area contributed by atoms with Crippen molar-refractivity contribution in [3.8, 4) is 0 Å². The highest BCUT2D eigenvalue weighted by molar-refractivity contribution is 5.72. The Morgan fingerprint density at radius 1 is 0.297 bits per heavy atom. The number of esters is 3. The minimum atomic E-state index is -0.832. The zero-order valence-electron chi connectivity index (χ0n) is 49.1. The van der Waals surface area contributed by atoms with Crippen LogP contribution in [0.2, 0.25) is 0 Å². The number of carbonyl (C=O) groups excluding carboxylic acids is 3. The third-order valence-corrected chi connectivity index (χ3v) is 14.0. The Kier molecular flexibility index (Phi) is 59.7. The Hall–Kier alpha value is -3.15. The minimum Gasteiger partial charge on any atom is -0.462 e. The molecule has 0 spiro atoms. The fourth-order valence-electron chi connectivity index (χ4n) is 9.22. The molecule has 0 aromatic rings. The van der Waals surface area contributed by atoms with Gasteiger partial charge in [0.05, 0.1) is 6.42 Å². The normalized spacial score (nSPS) is 12.5. The van der Waals surface area contributed by atoms with E-state index in [1.807, 2.05) is 6.08 Å². The number of unbranched alkanes of at least 4 members (excludes halogenated alkanes) is 36. The molecule has 0 bridgehead atoms. The van der Waals surface area contributed by atoms with E-state index in [0.717, 1.165) is 83.5 Å². The van der Waals surface area contributed by atoms with Gasteiger partial charge < -0.3 is 14.2 Å². The highest BCUT2D eigenvalue weighted by Crippen LogP contribution is 2.17. The number of carbonyl (C=O) groups is 3. The quantitative estimate of drug-likeness (QED) is 0.0261. The van der Waals surface area contributed by atoms with Crippen LogP contribution in [0.25, 0.3) is 0 Å². The van der Waals surface area contributed by atoms with Crippen LogP contribution in [0.1, 0.15) is 323 Å². The van der Waals surface area contributed by atoms with Crippen molar-refractivity contribution in [2.45, 2.75) is 329 Å². The Balaban J connectivity index is 4.28. The van der Waals surface area contributed by atoms with Gasteiger partial charge in [-0.25, -0.2) is 0 Å². The van der Waals surface area contributed by atoms with E-state index in [1.54, 1.807) is 6.08 Å². The van der Waals surface area contributed by atoms with Gasteiger partial charge >= 0.3 is 17.9 Å². The summed E-state index contributed by atoms with van der Waals surface area (Å²) in [6, 6.07) is 0. The van der Waals surface area contributed by atoms with E-state index in [1.165, 1.54) is 199 Å². The van der Waals surface area contributed by atoms with Crippen LogP contribution in [0.15, 0.2) is 72.9 Å². The van der Waals surface area contributed by atoms with Crippen molar-refractivity contribution >= 4 is 17.9 Å². The van der Waals surface area contributed by atoms with Gasteiger partial charge in [-0.1, -0.05) is 306 Å². The van der Waals surface area contributed by atoms with Crippen LogP contribution >= 0.6 is 0 Å². The minimum absolute atomic E-state index is 0.0976. The van der Waals surface area contributed by atoms with Crippen molar-refractivity contribution < 1.29 is 28.6 Å². The van der Waals surface area contributed by atoms with E-state index in [9.17, 15) is 14.4 Å². The van der Waals surface area contributed by atoms with Crippen LogP contribution in [-0.4, -0.2) is 37.2 Å². The fraction of sp³-hybridized carbons (Fsp3) is 0.779. The van der Waals surface area contributed by atoms with Gasteiger partial charge in [-0.2, -0.15) is 0 Å². The molecule has 0 saturated carbocycles. The molecule has 0 aromatic heterocycles. The number of allylic oxidation sites excluding steroid dienone is 11. The average molecular weight is 1030 g/mol. The second kappa shape index (κ2) is 62.4. The number of hydrogen-bond donors (Lipinski definition) is 0. The van der Waals surface area contributed by atoms with Crippen LogP contribution in [0, 0.1) is 0 Å². The standard InChI is InChI=1S/C68H120O6/c1-4-7-10-13-16-19-22-25-28-29-30-31-32-33-34-35-36-37-38-39-41-43-46-49-52-55-58-61-67(70)73-64-65(63-72-66(69)60-57-54-51-48-45-42-27-24-21-18-15-12-9-6-3)74-68(71)62-59-56-53-50-47-44-40-26-23-20-17-14-11-8-5-2/h8,11,17,20,24,26-27,40,47,50,56,59,65H,4-7,9-10,12-16,18-19,21-23,25,28-39,41-46,48-49,51-55,57-58,60-64H2,1-3H3/b11-8-,20-17-,27-24-,40-26-,50-47-,59-56-. The summed E-state index contributed by atoms with van der Waals surface area (Å²) < 4.78 is 16.8. The lowest BCUT2D eigenvalue weighted by Crippen LogP contribution is -2.30. The van der Waals surface area contributed by atoms with Crippen molar-refractivity contribution in [3.63, 3.8) is 0 Å². The first-order valence-electron chi connectivity index (χ1n) is 31.9. The summed E-state index contributed by atoms with van der Waals surface area (Å²) in [4.78, 5) is 38.2. The Morgan fingerprint density at radius 2 is 0.568 bits per heavy atom. The van der Waals surface area contributed by atoms with E-state index < -0.39 is 12.1 Å². The number of hydrogen-bond acceptors (Lipinski definition) is 6. The summed E-state index contributed by atoms with van der Waals surface area (Å²) in [7, 11) is 0. The van der Waals surface area contributed by atoms with Gasteiger partial charge in [-0.05, 0) is 70.6 Å². The molecule has 6 heteroatoms. The maximum atomic E-state index is 12.8. The molecule has 428 valence electrons. The van der Waals surface area contributed by atoms with Crippen molar-refractivity contribution in [2.75, 3.05) is 13.2 Å². The zero-order valence-corrected chi connectivity index (χ0v) is 49.1. The molecule has 0 amide bonds. The van der Waals surface area contributed by atoms with Crippen LogP contribution in [0.5, 0.6) is 0 Å². The summed E-state index contributed by atoms with van der Waals surface area (Å²) in [5, 5.41) is 0. The molecule has 0 aliphatic heterocycles. The lowest BCUT2D eigenvalue weighted by molar-refractivity contribution is -0.166. The molecule has 74 heavy (non-hydrogen) atoms. The van der Waals surface area contributed by atoms with E-state index in [4.69, 9.17) is 14.2 Å². The average Bonchev–Trinajstić information content (AvgIpc) is 3.40. The summed E-state index contributed by atoms with van der Waals surface area (Å²) >= 11 is 0. The summed E-state index contributed by atoms with van der Waals surface area (Å²) in [5.74, 6) is -1.04. The Labute approximate surface area is 459 Å². The predicted octanol–water partition coefficient (Wildman–Crippen LogP) is 21.7. The third kappa shape index (κ3) is 59.7. The molecule has 0 aromatic carbocycles. The highest BCUT2D eigenvalue weighted by Gasteiger charge is 2.19. The Morgan fingerprint density at radius 3 is 0.878 bits per heavy atom. The lowest BCUT2D eigenvalue weighted by Gasteiger charge is -2.18. The molecule has 0 aliphatic carbocycles. The van der Waals surface area contributed by atoms with Crippen LogP contribution in [-0.2, 0) is 28.6 Å². The van der Waals surface area contributed by atoms with Crippen LogP contribution in [0.4, 0.5) is 0 Å². The smallest absolute Gasteiger partial charge is 0.310 e. The lowest BCUT2D eigenvalue weighted by atomic mass is 10.0. The first kappa shape index (κ1) is 70.8. The third-order valence-electron chi connectivity index (χ3n) is 14.0. The second-order valence-corrected chi connectivity index (χ2v) is 21.3. The first-order valence-corrected chi connectivity index (χ1v) is 31.9. The van der Waals surface area contributed by atoms with Gasteiger partial charge in [-0.3, -0.25) is 14.4 Å². The monoisotopic (exact) mass is 1030 g/mol. The first-order chi connectivity index (χ1) is 36.5. The molecule has 0 rings (SSSR count). The maximum absolute atomic E-state index is 12.8. The van der Waals surface area contributed by atoms with Crippen molar-refractivity contribution in [2.24, 2.45) is 0 Å². The van der Waals surface area contributed by atoms with E-state index in [-0.39, 0.29) is 31.6 Å². The SMILES string of the molecule is CC/C=C\C/C=C\C/C=C\C/C=C\C/C=C\CC(=O)OC(COC(=O)CCCCCCC/C=C\CCCCCCC)COC(=O)CCCCCCCCCCCCCCCCCCCCCCCCCCCCC. The van der Waals surface area contributed by atoms with Crippen LogP contribution in [0.3, 0.4) is 0 Å².